The fourth-order valence-corrected chi connectivity index (χ4v) is 22.0. The lowest BCUT2D eigenvalue weighted by atomic mass is 9.09. The molecule has 1 saturated heterocycles. The van der Waals surface area contributed by atoms with Gasteiger partial charge < -0.3 is 8.85 Å². The maximum Gasteiger partial charge on any atom is 0.333 e. The Bertz CT molecular complexity index is 3460. The van der Waals surface area contributed by atoms with E-state index in [2.05, 4.69) is 286 Å². The molecule has 2 nitrogen and oxygen atoms in total. The summed E-state index contributed by atoms with van der Waals surface area (Å²) in [7, 11) is -3.39. The first-order chi connectivity index (χ1) is 34.4. The maximum atomic E-state index is 9.06. The first-order valence-corrected chi connectivity index (χ1v) is 28.2. The molecule has 70 heavy (non-hydrogen) atoms. The minimum Gasteiger partial charge on any atom is -0.382 e. The third-order valence-electron chi connectivity index (χ3n) is 19.6. The van der Waals surface area contributed by atoms with Crippen LogP contribution in [0.3, 0.4) is 0 Å². The van der Waals surface area contributed by atoms with Crippen molar-refractivity contribution >= 4 is 8.56 Å². The monoisotopic (exact) mass is 918 g/mol. The summed E-state index contributed by atoms with van der Waals surface area (Å²) in [5, 5.41) is 0. The molecular weight excluding hydrogens is 865 g/mol. The molecule has 3 heteroatoms. The van der Waals surface area contributed by atoms with Gasteiger partial charge in [-0.2, -0.15) is 0 Å². The summed E-state index contributed by atoms with van der Waals surface area (Å²) in [6.45, 7) is 4.76. The molecule has 6 aliphatic rings. The van der Waals surface area contributed by atoms with Gasteiger partial charge in [0.25, 0.3) is 0 Å². The molecule has 0 spiro atoms. The van der Waals surface area contributed by atoms with Crippen LogP contribution in [0.5, 0.6) is 0 Å². The molecule has 10 atom stereocenters. The fraction of sp³-hybridized carbons (Fsp3) is 0.194. The molecule has 5 saturated carbocycles. The third kappa shape index (κ3) is 3.68. The van der Waals surface area contributed by atoms with E-state index < -0.39 is 57.7 Å². The van der Waals surface area contributed by atoms with E-state index in [-0.39, 0.29) is 5.92 Å². The number of rotatable bonds is 9. The zero-order valence-corrected chi connectivity index (χ0v) is 40.6. The lowest BCUT2D eigenvalue weighted by Crippen LogP contribution is -3.01. The van der Waals surface area contributed by atoms with Crippen LogP contribution in [0.25, 0.3) is 0 Å². The van der Waals surface area contributed by atoms with E-state index in [0.29, 0.717) is 0 Å². The van der Waals surface area contributed by atoms with E-state index in [4.69, 9.17) is 8.85 Å². The predicted molar refractivity (Wildman–Crippen MR) is 281 cm³/mol. The van der Waals surface area contributed by atoms with Crippen molar-refractivity contribution in [2.24, 2.45) is 5.92 Å². The van der Waals surface area contributed by atoms with Crippen LogP contribution >= 0.6 is 0 Å². The number of fused-ring (bicyclic) bond motifs is 5. The number of hydrogen-bond acceptors (Lipinski definition) is 2. The topological polar surface area (TPSA) is 18.5 Å². The smallest absolute Gasteiger partial charge is 0.333 e. The van der Waals surface area contributed by atoms with E-state index in [1.807, 2.05) is 0 Å². The second kappa shape index (κ2) is 13.5. The average Bonchev–Trinajstić information content (AvgIpc) is 3.77. The van der Waals surface area contributed by atoms with Crippen LogP contribution in [0.4, 0.5) is 0 Å². The standard InChI is InChI=1S/C67H54O2Si/c1-70(2)68-66(56-44-26-10-27-45-56)59(49-30-12-3-13-31-49)48-60(50-32-14-4-15-33-50)61(51-34-16-5-17-35-51)58(59)62(52-36-18-6-19-37-52)64(61,54-40-22-8-23-41-54)65(55-42-24-9-25-43-55,63(60,66)53-38-20-7-21-39-53)67(62,69-70)57-46-28-11-29-47-57/h3-47,58H,48H2,1-2H3/t58?,59?,60-,61?,62?,63?,64?,65?,66?,67?/m1/s1. The second-order valence-electron chi connectivity index (χ2n) is 21.6. The van der Waals surface area contributed by atoms with E-state index in [1.54, 1.807) is 0 Å². The van der Waals surface area contributed by atoms with Gasteiger partial charge in [-0.15, -0.1) is 0 Å². The Balaban J connectivity index is 1.38. The summed E-state index contributed by atoms with van der Waals surface area (Å²) in [6, 6.07) is 106. The van der Waals surface area contributed by atoms with Crippen molar-refractivity contribution in [1.82, 2.24) is 0 Å². The van der Waals surface area contributed by atoms with E-state index in [9.17, 15) is 0 Å². The van der Waals surface area contributed by atoms with Crippen LogP contribution < -0.4 is 0 Å². The van der Waals surface area contributed by atoms with Crippen LogP contribution in [0, 0.1) is 5.92 Å². The van der Waals surface area contributed by atoms with Gasteiger partial charge in [0.05, 0.1) is 10.8 Å². The Morgan fingerprint density at radius 2 is 0.600 bits per heavy atom. The molecule has 1 heterocycles. The summed E-state index contributed by atoms with van der Waals surface area (Å²) < 4.78 is 18.0. The summed E-state index contributed by atoms with van der Waals surface area (Å²) in [4.78, 5) is 0. The van der Waals surface area contributed by atoms with Crippen molar-refractivity contribution < 1.29 is 8.85 Å². The van der Waals surface area contributed by atoms with Crippen molar-refractivity contribution in [2.75, 3.05) is 0 Å². The molecule has 338 valence electrons. The van der Waals surface area contributed by atoms with Crippen LogP contribution in [-0.2, 0) is 58.0 Å². The van der Waals surface area contributed by atoms with Crippen molar-refractivity contribution in [3.8, 4) is 0 Å². The molecule has 9 aromatic rings. The largest absolute Gasteiger partial charge is 0.382 e. The van der Waals surface area contributed by atoms with Crippen LogP contribution in [0.1, 0.15) is 56.5 Å². The minimum atomic E-state index is -3.39. The second-order valence-corrected chi connectivity index (χ2v) is 24.8. The molecule has 0 aromatic heterocycles. The molecule has 9 unspecified atom stereocenters. The first-order valence-electron chi connectivity index (χ1n) is 25.3. The molecule has 9 aromatic carbocycles. The SMILES string of the molecule is C[Si]1(C)OC2(c3ccccc3)C3(c4ccccc4)C4C5(c6ccccc6)C[C@@]6(c7ccccc7)C4(c4ccccc4)C3(c3ccccc3)C2(c2ccccc2)C6(c2ccccc2)C5(c2ccccc2)O1. The van der Waals surface area contributed by atoms with E-state index in [1.165, 1.54) is 50.1 Å². The Hall–Kier alpha value is -6.88. The molecule has 15 rings (SSSR count). The van der Waals surface area contributed by atoms with Gasteiger partial charge in [-0.25, -0.2) is 0 Å². The molecular formula is C67H54O2Si. The first kappa shape index (κ1) is 41.0. The average molecular weight is 919 g/mol. The van der Waals surface area contributed by atoms with Gasteiger partial charge in [0.1, 0.15) is 11.2 Å². The molecule has 1 aliphatic heterocycles. The highest BCUT2D eigenvalue weighted by Gasteiger charge is 3.22. The Morgan fingerprint density at radius 1 is 0.300 bits per heavy atom. The predicted octanol–water partition coefficient (Wildman–Crippen LogP) is 14.2. The van der Waals surface area contributed by atoms with Crippen LogP contribution in [-0.4, -0.2) is 8.56 Å². The zero-order valence-electron chi connectivity index (χ0n) is 39.6. The van der Waals surface area contributed by atoms with Gasteiger partial charge in [-0.3, -0.25) is 0 Å². The molecule has 6 fully saturated rings. The highest BCUT2D eigenvalue weighted by atomic mass is 28.4. The van der Waals surface area contributed by atoms with Gasteiger partial charge in [-0.1, -0.05) is 273 Å². The highest BCUT2D eigenvalue weighted by Crippen LogP contribution is 3.14. The van der Waals surface area contributed by atoms with Crippen molar-refractivity contribution in [3.63, 3.8) is 0 Å². The highest BCUT2D eigenvalue weighted by molar-refractivity contribution is 6.65. The van der Waals surface area contributed by atoms with Crippen LogP contribution in [0.2, 0.25) is 13.1 Å². The summed E-state index contributed by atoms with van der Waals surface area (Å²) in [6.07, 6.45) is 0.838. The Kier molecular flexibility index (Phi) is 7.90. The number of hydrogen-bond donors (Lipinski definition) is 0. The normalized spacial score (nSPS) is 36.2. The Morgan fingerprint density at radius 3 is 1.03 bits per heavy atom. The molecule has 2 bridgehead atoms. The lowest BCUT2D eigenvalue weighted by Gasteiger charge is -2.93. The minimum absolute atomic E-state index is 0.109. The molecule has 0 N–H and O–H groups in total. The summed E-state index contributed by atoms with van der Waals surface area (Å²) in [5.74, 6) is -0.109. The van der Waals surface area contributed by atoms with Crippen LogP contribution in [0.15, 0.2) is 273 Å². The lowest BCUT2D eigenvalue weighted by molar-refractivity contribution is -0.361. The maximum absolute atomic E-state index is 9.06. The Labute approximate surface area is 412 Å². The van der Waals surface area contributed by atoms with E-state index >= 15 is 0 Å². The molecule has 0 radical (unpaired) electrons. The third-order valence-corrected chi connectivity index (χ3v) is 21.2. The van der Waals surface area contributed by atoms with Gasteiger partial charge in [0.15, 0.2) is 0 Å². The molecule has 5 aliphatic carbocycles. The van der Waals surface area contributed by atoms with Gasteiger partial charge in [0, 0.05) is 27.1 Å². The number of benzene rings is 9. The summed E-state index contributed by atoms with van der Waals surface area (Å²) >= 11 is 0. The van der Waals surface area contributed by atoms with E-state index in [0.717, 1.165) is 6.42 Å². The zero-order chi connectivity index (χ0) is 46.7. The van der Waals surface area contributed by atoms with Crippen molar-refractivity contribution in [1.29, 1.82) is 0 Å². The fourth-order valence-electron chi connectivity index (χ4n) is 19.6. The van der Waals surface area contributed by atoms with Gasteiger partial charge in [0.2, 0.25) is 0 Å². The summed E-state index contributed by atoms with van der Waals surface area (Å²) in [5.41, 5.74) is 4.44. The van der Waals surface area contributed by atoms with Crippen molar-refractivity contribution in [2.45, 2.75) is 68.6 Å². The molecule has 0 amide bonds. The quantitative estimate of drug-likeness (QED) is 0.134. The van der Waals surface area contributed by atoms with Gasteiger partial charge >= 0.3 is 8.56 Å². The van der Waals surface area contributed by atoms with Gasteiger partial charge in [-0.05, 0) is 75.5 Å². The van der Waals surface area contributed by atoms with Crippen molar-refractivity contribution in [3.05, 3.63) is 323 Å².